The predicted octanol–water partition coefficient (Wildman–Crippen LogP) is 3.07. The van der Waals surface area contributed by atoms with E-state index in [1.165, 1.54) is 6.07 Å². The van der Waals surface area contributed by atoms with Crippen LogP contribution in [0.3, 0.4) is 0 Å². The van der Waals surface area contributed by atoms with Crippen molar-refractivity contribution < 1.29 is 9.13 Å². The zero-order valence-electron chi connectivity index (χ0n) is 10.3. The lowest BCUT2D eigenvalue weighted by molar-refractivity contribution is 0.103. The number of nitriles is 1. The highest BCUT2D eigenvalue weighted by Crippen LogP contribution is 2.19. The second-order valence-corrected chi connectivity index (χ2v) is 4.48. The highest BCUT2D eigenvalue weighted by molar-refractivity contribution is 5.57. The first-order chi connectivity index (χ1) is 8.81. The number of nitrogens with one attached hydrogen (secondary N) is 1. The van der Waals surface area contributed by atoms with Crippen molar-refractivity contribution in [3.05, 3.63) is 29.6 Å². The molecule has 3 nitrogen and oxygen atoms in total. The molecule has 1 N–H and O–H groups in total. The van der Waals surface area contributed by atoms with Gasteiger partial charge in [-0.25, -0.2) is 4.39 Å². The summed E-state index contributed by atoms with van der Waals surface area (Å²) in [5.41, 5.74) is 0.666. The van der Waals surface area contributed by atoms with Crippen LogP contribution in [0, 0.1) is 17.1 Å². The van der Waals surface area contributed by atoms with Gasteiger partial charge in [-0.1, -0.05) is 6.07 Å². The molecule has 0 amide bonds. The molecule has 1 atom stereocenters. The molecule has 2 rings (SSSR count). The molecule has 1 aromatic carbocycles. The maximum atomic E-state index is 13.3. The largest absolute Gasteiger partial charge is 0.384 e. The van der Waals surface area contributed by atoms with Crippen LogP contribution in [-0.2, 0) is 4.74 Å². The standard InChI is InChI=1S/C14H17FN2O/c15-13-6-1-7-14(12(13)10-16)17-8-2-4-11-5-3-9-18-11/h1,6-7,11,17H,2-5,8-9H2. The van der Waals surface area contributed by atoms with E-state index >= 15 is 0 Å². The summed E-state index contributed by atoms with van der Waals surface area (Å²) in [6, 6.07) is 6.52. The Morgan fingerprint density at radius 2 is 2.39 bits per heavy atom. The second-order valence-electron chi connectivity index (χ2n) is 4.48. The van der Waals surface area contributed by atoms with E-state index in [-0.39, 0.29) is 5.56 Å². The molecule has 1 unspecified atom stereocenters. The Morgan fingerprint density at radius 1 is 1.50 bits per heavy atom. The van der Waals surface area contributed by atoms with Crippen molar-refractivity contribution in [1.29, 1.82) is 5.26 Å². The van der Waals surface area contributed by atoms with E-state index in [9.17, 15) is 4.39 Å². The van der Waals surface area contributed by atoms with Crippen LogP contribution in [0.5, 0.6) is 0 Å². The molecule has 1 heterocycles. The first kappa shape index (κ1) is 12.8. The lowest BCUT2D eigenvalue weighted by atomic mass is 10.1. The fraction of sp³-hybridized carbons (Fsp3) is 0.500. The van der Waals surface area contributed by atoms with Crippen LogP contribution in [0.25, 0.3) is 0 Å². The average molecular weight is 248 g/mol. The summed E-state index contributed by atoms with van der Waals surface area (Å²) >= 11 is 0. The maximum absolute atomic E-state index is 13.3. The molecule has 1 aromatic rings. The SMILES string of the molecule is N#Cc1c(F)cccc1NCCCC1CCCO1. The third-order valence-corrected chi connectivity index (χ3v) is 3.17. The Balaban J connectivity index is 1.79. The number of halogens is 1. The Hall–Kier alpha value is -1.60. The van der Waals surface area contributed by atoms with Gasteiger partial charge in [-0.3, -0.25) is 0 Å². The number of rotatable bonds is 5. The van der Waals surface area contributed by atoms with Crippen LogP contribution in [0.15, 0.2) is 18.2 Å². The van der Waals surface area contributed by atoms with E-state index in [2.05, 4.69) is 5.32 Å². The third kappa shape index (κ3) is 3.21. The van der Waals surface area contributed by atoms with Crippen LogP contribution in [0.4, 0.5) is 10.1 Å². The molecule has 18 heavy (non-hydrogen) atoms. The minimum absolute atomic E-state index is 0.0922. The van der Waals surface area contributed by atoms with Crippen molar-refractivity contribution in [2.75, 3.05) is 18.5 Å². The monoisotopic (exact) mass is 248 g/mol. The normalized spacial score (nSPS) is 18.6. The van der Waals surface area contributed by atoms with Gasteiger partial charge >= 0.3 is 0 Å². The smallest absolute Gasteiger partial charge is 0.143 e. The van der Waals surface area contributed by atoms with E-state index in [0.29, 0.717) is 11.8 Å². The van der Waals surface area contributed by atoms with Crippen LogP contribution in [0.1, 0.15) is 31.2 Å². The Bertz CT molecular complexity index is 436. The molecule has 1 saturated heterocycles. The lowest BCUT2D eigenvalue weighted by Crippen LogP contribution is -2.09. The van der Waals surface area contributed by atoms with Crippen molar-refractivity contribution >= 4 is 5.69 Å². The second kappa shape index (κ2) is 6.36. The number of hydrogen-bond donors (Lipinski definition) is 1. The molecule has 1 aliphatic rings. The Labute approximate surface area is 107 Å². The number of ether oxygens (including phenoxy) is 1. The lowest BCUT2D eigenvalue weighted by Gasteiger charge is -2.11. The molecule has 0 radical (unpaired) electrons. The van der Waals surface area contributed by atoms with Crippen molar-refractivity contribution in [3.8, 4) is 6.07 Å². The fourth-order valence-electron chi connectivity index (χ4n) is 2.21. The summed E-state index contributed by atoms with van der Waals surface area (Å²) in [6.07, 6.45) is 4.66. The van der Waals surface area contributed by atoms with Gasteiger partial charge in [-0.2, -0.15) is 5.26 Å². The number of anilines is 1. The predicted molar refractivity (Wildman–Crippen MR) is 67.8 cm³/mol. The summed E-state index contributed by atoms with van der Waals surface area (Å²) in [7, 11) is 0. The topological polar surface area (TPSA) is 45.0 Å². The first-order valence-corrected chi connectivity index (χ1v) is 6.35. The van der Waals surface area contributed by atoms with Gasteiger partial charge in [0.25, 0.3) is 0 Å². The Kier molecular flexibility index (Phi) is 4.54. The van der Waals surface area contributed by atoms with Gasteiger partial charge in [0.1, 0.15) is 17.4 Å². The first-order valence-electron chi connectivity index (χ1n) is 6.35. The number of benzene rings is 1. The van der Waals surface area contributed by atoms with Crippen molar-refractivity contribution in [3.63, 3.8) is 0 Å². The summed E-state index contributed by atoms with van der Waals surface area (Å²) in [5, 5.41) is 12.0. The van der Waals surface area contributed by atoms with Gasteiger partial charge in [0, 0.05) is 13.2 Å². The van der Waals surface area contributed by atoms with Gasteiger partial charge < -0.3 is 10.1 Å². The van der Waals surface area contributed by atoms with Crippen LogP contribution < -0.4 is 5.32 Å². The highest BCUT2D eigenvalue weighted by Gasteiger charge is 2.14. The molecule has 0 saturated carbocycles. The van der Waals surface area contributed by atoms with E-state index in [1.54, 1.807) is 12.1 Å². The van der Waals surface area contributed by atoms with Crippen LogP contribution in [-0.4, -0.2) is 19.3 Å². The van der Waals surface area contributed by atoms with E-state index < -0.39 is 5.82 Å². The molecule has 96 valence electrons. The molecule has 1 aliphatic heterocycles. The van der Waals surface area contributed by atoms with E-state index in [4.69, 9.17) is 10.00 Å². The zero-order chi connectivity index (χ0) is 12.8. The summed E-state index contributed by atoms with van der Waals surface area (Å²) in [4.78, 5) is 0. The average Bonchev–Trinajstić information content (AvgIpc) is 2.88. The number of nitrogens with zero attached hydrogens (tertiary/aromatic N) is 1. The van der Waals surface area contributed by atoms with Gasteiger partial charge in [-0.05, 0) is 37.8 Å². The summed E-state index contributed by atoms with van der Waals surface area (Å²) in [6.45, 7) is 1.61. The molecular weight excluding hydrogens is 231 g/mol. The molecular formula is C14H17FN2O. The van der Waals surface area contributed by atoms with Gasteiger partial charge in [0.2, 0.25) is 0 Å². The maximum Gasteiger partial charge on any atom is 0.143 e. The molecule has 4 heteroatoms. The summed E-state index contributed by atoms with van der Waals surface area (Å²) < 4.78 is 18.9. The molecule has 1 fully saturated rings. The van der Waals surface area contributed by atoms with E-state index in [0.717, 1.165) is 38.8 Å². The minimum Gasteiger partial charge on any atom is -0.384 e. The van der Waals surface area contributed by atoms with Crippen molar-refractivity contribution in [2.24, 2.45) is 0 Å². The quantitative estimate of drug-likeness (QED) is 0.814. The zero-order valence-corrected chi connectivity index (χ0v) is 10.3. The van der Waals surface area contributed by atoms with Crippen molar-refractivity contribution in [2.45, 2.75) is 31.8 Å². The molecule has 0 spiro atoms. The number of hydrogen-bond acceptors (Lipinski definition) is 3. The van der Waals surface area contributed by atoms with E-state index in [1.807, 2.05) is 6.07 Å². The van der Waals surface area contributed by atoms with Crippen molar-refractivity contribution in [1.82, 2.24) is 0 Å². The molecule has 0 bridgehead atoms. The fourth-order valence-corrected chi connectivity index (χ4v) is 2.21. The van der Waals surface area contributed by atoms with Crippen LogP contribution in [0.2, 0.25) is 0 Å². The van der Waals surface area contributed by atoms with Gasteiger partial charge in [0.15, 0.2) is 0 Å². The highest BCUT2D eigenvalue weighted by atomic mass is 19.1. The van der Waals surface area contributed by atoms with Gasteiger partial charge in [0.05, 0.1) is 11.8 Å². The third-order valence-electron chi connectivity index (χ3n) is 3.17. The molecule has 0 aliphatic carbocycles. The Morgan fingerprint density at radius 3 is 3.11 bits per heavy atom. The van der Waals surface area contributed by atoms with Crippen LogP contribution >= 0.6 is 0 Å². The minimum atomic E-state index is -0.471. The molecule has 0 aromatic heterocycles. The summed E-state index contributed by atoms with van der Waals surface area (Å²) in [5.74, 6) is -0.471. The van der Waals surface area contributed by atoms with Gasteiger partial charge in [-0.15, -0.1) is 0 Å².